The molecule has 0 aliphatic rings. The maximum absolute atomic E-state index is 12.1. The zero-order valence-corrected chi connectivity index (χ0v) is 12.3. The van der Waals surface area contributed by atoms with E-state index in [4.69, 9.17) is 11.5 Å². The number of amides is 1. The van der Waals surface area contributed by atoms with Crippen LogP contribution in [0.25, 0.3) is 0 Å². The van der Waals surface area contributed by atoms with Crippen molar-refractivity contribution < 1.29 is 18.1 Å². The van der Waals surface area contributed by atoms with Gasteiger partial charge in [-0.1, -0.05) is 0 Å². The summed E-state index contributed by atoms with van der Waals surface area (Å²) in [5.74, 6) is -0.683. The number of nitro groups is 1. The molecule has 21 heavy (non-hydrogen) atoms. The highest BCUT2D eigenvalue weighted by atomic mass is 32.2. The summed E-state index contributed by atoms with van der Waals surface area (Å²) in [5.41, 5.74) is 9.04. The molecule has 116 valence electrons. The molecule has 0 aromatic heterocycles. The third-order valence-electron chi connectivity index (χ3n) is 2.87. The molecule has 0 spiro atoms. The van der Waals surface area contributed by atoms with Crippen LogP contribution in [0.3, 0.4) is 0 Å². The van der Waals surface area contributed by atoms with Crippen molar-refractivity contribution in [2.24, 2.45) is 11.1 Å². The van der Waals surface area contributed by atoms with Gasteiger partial charge in [-0.05, 0) is 19.9 Å². The van der Waals surface area contributed by atoms with Gasteiger partial charge in [0.25, 0.3) is 5.69 Å². The van der Waals surface area contributed by atoms with Gasteiger partial charge in [0.15, 0.2) is 0 Å². The fraction of sp³-hybridized carbons (Fsp3) is 0.364. The normalized spacial score (nSPS) is 12.1. The van der Waals surface area contributed by atoms with Gasteiger partial charge in [-0.15, -0.1) is 0 Å². The van der Waals surface area contributed by atoms with E-state index in [1.165, 1.54) is 13.8 Å². The molecule has 0 saturated carbocycles. The van der Waals surface area contributed by atoms with Gasteiger partial charge in [0, 0.05) is 18.7 Å². The first-order chi connectivity index (χ1) is 9.47. The monoisotopic (exact) mass is 316 g/mol. The van der Waals surface area contributed by atoms with Crippen LogP contribution in [0.4, 0.5) is 11.4 Å². The predicted molar refractivity (Wildman–Crippen MR) is 75.7 cm³/mol. The lowest BCUT2D eigenvalue weighted by Gasteiger charge is -2.20. The topological polar surface area (TPSA) is 158 Å². The molecule has 0 unspecified atom stereocenters. The quantitative estimate of drug-likeness (QED) is 0.379. The van der Waals surface area contributed by atoms with Crippen LogP contribution < -0.4 is 16.2 Å². The number of nitrogens with one attached hydrogen (secondary N) is 1. The maximum Gasteiger partial charge on any atom is 0.270 e. The second-order valence-corrected chi connectivity index (χ2v) is 6.79. The summed E-state index contributed by atoms with van der Waals surface area (Å²) < 4.78 is 26.4. The van der Waals surface area contributed by atoms with Crippen molar-refractivity contribution >= 4 is 27.3 Å². The lowest BCUT2D eigenvalue weighted by molar-refractivity contribution is -0.385. The minimum Gasteiger partial charge on any atom is -0.398 e. The van der Waals surface area contributed by atoms with Gasteiger partial charge in [-0.25, -0.2) is 13.1 Å². The molecule has 0 heterocycles. The van der Waals surface area contributed by atoms with Crippen LogP contribution in [0, 0.1) is 15.5 Å². The van der Waals surface area contributed by atoms with Crippen molar-refractivity contribution in [1.29, 1.82) is 0 Å². The standard InChI is InChI=1S/C11H16N4O5S/c1-11(2,10(13)16)6-14-21(19,20)9-5-7(15(17)18)3-4-8(9)12/h3-5,14H,6,12H2,1-2H3,(H2,13,16). The Labute approximate surface area is 121 Å². The van der Waals surface area contributed by atoms with Crippen LogP contribution in [-0.4, -0.2) is 25.8 Å². The summed E-state index contributed by atoms with van der Waals surface area (Å²) in [7, 11) is -4.10. The fourth-order valence-electron chi connectivity index (χ4n) is 1.31. The molecule has 0 saturated heterocycles. The molecule has 0 radical (unpaired) electrons. The first-order valence-corrected chi connectivity index (χ1v) is 7.29. The van der Waals surface area contributed by atoms with Crippen molar-refractivity contribution in [3.63, 3.8) is 0 Å². The number of benzene rings is 1. The zero-order valence-electron chi connectivity index (χ0n) is 11.5. The third-order valence-corrected chi connectivity index (χ3v) is 4.33. The average Bonchev–Trinajstić information content (AvgIpc) is 2.36. The highest BCUT2D eigenvalue weighted by Crippen LogP contribution is 2.24. The fourth-order valence-corrected chi connectivity index (χ4v) is 2.67. The van der Waals surface area contributed by atoms with E-state index in [-0.39, 0.29) is 12.2 Å². The van der Waals surface area contributed by atoms with Crippen molar-refractivity contribution in [2.45, 2.75) is 18.7 Å². The summed E-state index contributed by atoms with van der Waals surface area (Å²) in [6.07, 6.45) is 0. The third kappa shape index (κ3) is 3.89. The van der Waals surface area contributed by atoms with Crippen molar-refractivity contribution in [1.82, 2.24) is 4.72 Å². The van der Waals surface area contributed by atoms with E-state index in [2.05, 4.69) is 4.72 Å². The van der Waals surface area contributed by atoms with E-state index in [0.717, 1.165) is 18.2 Å². The molecule has 1 rings (SSSR count). The van der Waals surface area contributed by atoms with Gasteiger partial charge >= 0.3 is 0 Å². The molecule has 10 heteroatoms. The molecule has 0 aliphatic heterocycles. The van der Waals surface area contributed by atoms with E-state index in [1.807, 2.05) is 0 Å². The van der Waals surface area contributed by atoms with E-state index in [0.29, 0.717) is 0 Å². The number of primary amides is 1. The Bertz CT molecular complexity index is 684. The van der Waals surface area contributed by atoms with Crippen molar-refractivity contribution in [3.8, 4) is 0 Å². The molecular weight excluding hydrogens is 300 g/mol. The summed E-state index contributed by atoms with van der Waals surface area (Å²) in [4.78, 5) is 20.7. The summed E-state index contributed by atoms with van der Waals surface area (Å²) >= 11 is 0. The van der Waals surface area contributed by atoms with Gasteiger partial charge in [0.05, 0.1) is 16.0 Å². The molecule has 1 aromatic carbocycles. The highest BCUT2D eigenvalue weighted by Gasteiger charge is 2.29. The molecule has 0 fully saturated rings. The number of hydrogen-bond donors (Lipinski definition) is 3. The Hall–Kier alpha value is -2.20. The summed E-state index contributed by atoms with van der Waals surface area (Å²) in [5, 5.41) is 10.7. The van der Waals surface area contributed by atoms with Crippen molar-refractivity contribution in [2.75, 3.05) is 12.3 Å². The number of nitrogens with two attached hydrogens (primary N) is 2. The van der Waals surface area contributed by atoms with Gasteiger partial charge < -0.3 is 11.5 Å². The zero-order chi connectivity index (χ0) is 16.4. The summed E-state index contributed by atoms with van der Waals surface area (Å²) in [6.45, 7) is 2.68. The van der Waals surface area contributed by atoms with Crippen LogP contribution >= 0.6 is 0 Å². The van der Waals surface area contributed by atoms with E-state index >= 15 is 0 Å². The minimum atomic E-state index is -4.10. The van der Waals surface area contributed by atoms with E-state index in [1.54, 1.807) is 0 Å². The summed E-state index contributed by atoms with van der Waals surface area (Å²) in [6, 6.07) is 3.09. The van der Waals surface area contributed by atoms with Crippen LogP contribution in [-0.2, 0) is 14.8 Å². The number of rotatable bonds is 6. The highest BCUT2D eigenvalue weighted by molar-refractivity contribution is 7.89. The number of nitro benzene ring substituents is 1. The molecule has 9 nitrogen and oxygen atoms in total. The molecule has 1 aromatic rings. The molecular formula is C11H16N4O5S. The van der Waals surface area contributed by atoms with Gasteiger partial charge in [0.1, 0.15) is 4.90 Å². The lowest BCUT2D eigenvalue weighted by Crippen LogP contribution is -2.42. The van der Waals surface area contributed by atoms with Gasteiger partial charge in [-0.3, -0.25) is 14.9 Å². The van der Waals surface area contributed by atoms with Crippen LogP contribution in [0.1, 0.15) is 13.8 Å². The number of hydrogen-bond acceptors (Lipinski definition) is 6. The van der Waals surface area contributed by atoms with Gasteiger partial charge in [-0.2, -0.15) is 0 Å². The first-order valence-electron chi connectivity index (χ1n) is 5.81. The average molecular weight is 316 g/mol. The van der Waals surface area contributed by atoms with E-state index < -0.39 is 36.9 Å². The first kappa shape index (κ1) is 16.9. The Morgan fingerprint density at radius 1 is 1.43 bits per heavy atom. The second-order valence-electron chi connectivity index (χ2n) is 5.05. The molecule has 1 amide bonds. The smallest absolute Gasteiger partial charge is 0.270 e. The maximum atomic E-state index is 12.1. The lowest BCUT2D eigenvalue weighted by atomic mass is 9.93. The Morgan fingerprint density at radius 3 is 2.48 bits per heavy atom. The number of nitrogen functional groups attached to an aromatic ring is 1. The Morgan fingerprint density at radius 2 is 2.00 bits per heavy atom. The molecule has 5 N–H and O–H groups in total. The number of carbonyl (C=O) groups is 1. The Balaban J connectivity index is 3.11. The largest absolute Gasteiger partial charge is 0.398 e. The van der Waals surface area contributed by atoms with Crippen LogP contribution in [0.15, 0.2) is 23.1 Å². The SMILES string of the molecule is CC(C)(CNS(=O)(=O)c1cc([N+](=O)[O-])ccc1N)C(N)=O. The van der Waals surface area contributed by atoms with E-state index in [9.17, 15) is 23.3 Å². The molecule has 0 aliphatic carbocycles. The Kier molecular flexibility index (Phi) is 4.54. The molecule has 0 bridgehead atoms. The predicted octanol–water partition coefficient (Wildman–Crippen LogP) is -0.0332. The number of anilines is 1. The van der Waals surface area contributed by atoms with Crippen LogP contribution in [0.5, 0.6) is 0 Å². The van der Waals surface area contributed by atoms with Gasteiger partial charge in [0.2, 0.25) is 15.9 Å². The number of sulfonamides is 1. The molecule has 0 atom stereocenters. The van der Waals surface area contributed by atoms with Crippen molar-refractivity contribution in [3.05, 3.63) is 28.3 Å². The van der Waals surface area contributed by atoms with Crippen LogP contribution in [0.2, 0.25) is 0 Å². The second kappa shape index (κ2) is 5.66. The number of nitrogens with zero attached hydrogens (tertiary/aromatic N) is 1. The minimum absolute atomic E-state index is 0.134. The number of non-ortho nitro benzene ring substituents is 1. The number of carbonyl (C=O) groups excluding carboxylic acids is 1.